The molecule has 0 unspecified atom stereocenters. The second-order valence-corrected chi connectivity index (χ2v) is 8.79. The Morgan fingerprint density at radius 1 is 0.906 bits per heavy atom. The van der Waals surface area contributed by atoms with E-state index >= 15 is 0 Å². The molecule has 0 saturated carbocycles. The molecule has 164 valence electrons. The van der Waals surface area contributed by atoms with Crippen LogP contribution in [0.25, 0.3) is 34.3 Å². The molecule has 3 aromatic carbocycles. The van der Waals surface area contributed by atoms with Gasteiger partial charge in [0.05, 0.1) is 16.6 Å². The average Bonchev–Trinajstić information content (AvgIpc) is 3.12. The fraction of sp³-hybridized carbons (Fsp3) is 0.192. The van der Waals surface area contributed by atoms with E-state index in [0.717, 1.165) is 11.6 Å². The summed E-state index contributed by atoms with van der Waals surface area (Å²) in [5, 5.41) is 9.71. The van der Waals surface area contributed by atoms with Crippen molar-refractivity contribution in [2.75, 3.05) is 0 Å². The highest BCUT2D eigenvalue weighted by Gasteiger charge is 2.34. The highest BCUT2D eigenvalue weighted by molar-refractivity contribution is 5.86. The monoisotopic (exact) mass is 436 g/mol. The zero-order chi connectivity index (χ0) is 23.1. The molecule has 3 nitrogen and oxygen atoms in total. The molecule has 1 heterocycles. The van der Waals surface area contributed by atoms with Gasteiger partial charge in [0, 0.05) is 0 Å². The van der Waals surface area contributed by atoms with Crippen molar-refractivity contribution in [1.82, 2.24) is 9.97 Å². The van der Waals surface area contributed by atoms with Crippen LogP contribution in [0.3, 0.4) is 0 Å². The first-order valence-corrected chi connectivity index (χ1v) is 10.2. The Morgan fingerprint density at radius 3 is 2.25 bits per heavy atom. The van der Waals surface area contributed by atoms with Crippen molar-refractivity contribution >= 4 is 23.2 Å². The van der Waals surface area contributed by atoms with Crippen LogP contribution in [0, 0.1) is 0 Å². The Hall–Kier alpha value is -3.54. The third-order valence-electron chi connectivity index (χ3n) is 5.31. The highest BCUT2D eigenvalue weighted by Crippen LogP contribution is 2.39. The lowest BCUT2D eigenvalue weighted by molar-refractivity contribution is -0.137. The van der Waals surface area contributed by atoms with Gasteiger partial charge in [-0.15, -0.1) is 0 Å². The van der Waals surface area contributed by atoms with Crippen molar-refractivity contribution < 1.29 is 18.3 Å². The molecule has 0 amide bonds. The number of nitrogens with one attached hydrogen (secondary N) is 1. The van der Waals surface area contributed by atoms with Gasteiger partial charge in [-0.05, 0) is 58.0 Å². The van der Waals surface area contributed by atoms with Gasteiger partial charge in [0.25, 0.3) is 0 Å². The van der Waals surface area contributed by atoms with E-state index < -0.39 is 11.7 Å². The number of benzene rings is 3. The second-order valence-electron chi connectivity index (χ2n) is 8.79. The second kappa shape index (κ2) is 7.86. The van der Waals surface area contributed by atoms with Crippen LogP contribution in [0.1, 0.15) is 43.3 Å². The molecule has 0 atom stereocenters. The van der Waals surface area contributed by atoms with Gasteiger partial charge < -0.3 is 10.1 Å². The first-order chi connectivity index (χ1) is 15.0. The zero-order valence-corrected chi connectivity index (χ0v) is 18.0. The fourth-order valence-corrected chi connectivity index (χ4v) is 3.57. The van der Waals surface area contributed by atoms with E-state index in [1.165, 1.54) is 35.9 Å². The van der Waals surface area contributed by atoms with Crippen molar-refractivity contribution in [3.05, 3.63) is 83.2 Å². The summed E-state index contributed by atoms with van der Waals surface area (Å²) in [6.07, 6.45) is -0.941. The molecule has 32 heavy (non-hydrogen) atoms. The maximum atomic E-state index is 13.7. The number of halogens is 3. The summed E-state index contributed by atoms with van der Waals surface area (Å²) in [5.41, 5.74) is 2.42. The molecule has 0 bridgehead atoms. The summed E-state index contributed by atoms with van der Waals surface area (Å²) in [4.78, 5) is 7.40. The fourth-order valence-electron chi connectivity index (χ4n) is 3.57. The Morgan fingerprint density at radius 2 is 1.62 bits per heavy atom. The lowest BCUT2D eigenvalue weighted by Gasteiger charge is -2.18. The average molecular weight is 436 g/mol. The number of imidazole rings is 1. The number of alkyl halides is 3. The smallest absolute Gasteiger partial charge is 0.417 e. The highest BCUT2D eigenvalue weighted by atomic mass is 19.4. The lowest BCUT2D eigenvalue weighted by atomic mass is 9.87. The SMILES string of the molecule is CC(C)(C)c1ccc(C=Cc2nc3cc(-c4cccc(O)c4)c(C(F)(F)F)cc3[nH]2)cc1. The topological polar surface area (TPSA) is 48.9 Å². The molecule has 6 heteroatoms. The molecule has 0 aliphatic heterocycles. The summed E-state index contributed by atoms with van der Waals surface area (Å²) in [5.74, 6) is 0.361. The molecular formula is C26H23F3N2O. The van der Waals surface area contributed by atoms with Crippen LogP contribution in [-0.2, 0) is 11.6 Å². The summed E-state index contributed by atoms with van der Waals surface area (Å²) in [6, 6.07) is 16.4. The van der Waals surface area contributed by atoms with Crippen molar-refractivity contribution in [3.63, 3.8) is 0 Å². The van der Waals surface area contributed by atoms with Crippen LogP contribution >= 0.6 is 0 Å². The number of aromatic nitrogens is 2. The van der Waals surface area contributed by atoms with Crippen LogP contribution in [0.2, 0.25) is 0 Å². The molecule has 0 aliphatic carbocycles. The normalized spacial score (nSPS) is 12.7. The Balaban J connectivity index is 1.72. The number of hydrogen-bond acceptors (Lipinski definition) is 2. The Kier molecular flexibility index (Phi) is 5.33. The van der Waals surface area contributed by atoms with Crippen molar-refractivity contribution in [2.24, 2.45) is 0 Å². The minimum Gasteiger partial charge on any atom is -0.508 e. The quantitative estimate of drug-likeness (QED) is 0.351. The van der Waals surface area contributed by atoms with Gasteiger partial charge in [0.15, 0.2) is 0 Å². The van der Waals surface area contributed by atoms with Gasteiger partial charge in [-0.2, -0.15) is 13.2 Å². The molecule has 0 aliphatic rings. The van der Waals surface area contributed by atoms with Gasteiger partial charge in [-0.25, -0.2) is 4.98 Å². The van der Waals surface area contributed by atoms with E-state index in [4.69, 9.17) is 0 Å². The van der Waals surface area contributed by atoms with Gasteiger partial charge in [-0.1, -0.05) is 63.2 Å². The van der Waals surface area contributed by atoms with E-state index in [9.17, 15) is 18.3 Å². The van der Waals surface area contributed by atoms with E-state index in [1.54, 1.807) is 6.08 Å². The van der Waals surface area contributed by atoms with Gasteiger partial charge >= 0.3 is 6.18 Å². The standard InChI is InChI=1S/C26H23F3N2O/c1-25(2,3)18-10-7-16(8-11-18)9-12-24-30-22-14-20(17-5-4-6-19(32)13-17)21(26(27,28)29)15-23(22)31-24/h4-15,32H,1-3H3,(H,30,31). The number of hydrogen-bond donors (Lipinski definition) is 2. The summed E-state index contributed by atoms with van der Waals surface area (Å²) >= 11 is 0. The first-order valence-electron chi connectivity index (χ1n) is 10.2. The van der Waals surface area contributed by atoms with Gasteiger partial charge in [0.1, 0.15) is 11.6 Å². The van der Waals surface area contributed by atoms with Crippen molar-refractivity contribution in [1.29, 1.82) is 0 Å². The van der Waals surface area contributed by atoms with Gasteiger partial charge in [0.2, 0.25) is 0 Å². The molecule has 4 aromatic rings. The number of rotatable bonds is 3. The van der Waals surface area contributed by atoms with E-state index in [-0.39, 0.29) is 22.3 Å². The van der Waals surface area contributed by atoms with Crippen LogP contribution in [0.15, 0.2) is 60.7 Å². The lowest BCUT2D eigenvalue weighted by Crippen LogP contribution is -2.10. The third-order valence-corrected chi connectivity index (χ3v) is 5.31. The number of aromatic amines is 1. The van der Waals surface area contributed by atoms with Crippen LogP contribution in [0.5, 0.6) is 5.75 Å². The number of phenolic OH excluding ortho intramolecular Hbond substituents is 1. The Labute approximate surface area is 184 Å². The number of nitrogens with zero attached hydrogens (tertiary/aromatic N) is 1. The summed E-state index contributed by atoms with van der Waals surface area (Å²) in [6.45, 7) is 6.44. The largest absolute Gasteiger partial charge is 0.508 e. The maximum Gasteiger partial charge on any atom is 0.417 e. The van der Waals surface area contributed by atoms with E-state index in [0.29, 0.717) is 16.9 Å². The molecular weight excluding hydrogens is 413 g/mol. The summed E-state index contributed by atoms with van der Waals surface area (Å²) < 4.78 is 41.2. The van der Waals surface area contributed by atoms with Crippen LogP contribution < -0.4 is 0 Å². The first kappa shape index (κ1) is 21.7. The number of fused-ring (bicyclic) bond motifs is 1. The molecule has 1 aromatic heterocycles. The van der Waals surface area contributed by atoms with Crippen molar-refractivity contribution in [2.45, 2.75) is 32.4 Å². The molecule has 0 radical (unpaired) electrons. The number of aromatic hydroxyl groups is 1. The summed E-state index contributed by atoms with van der Waals surface area (Å²) in [7, 11) is 0. The maximum absolute atomic E-state index is 13.7. The zero-order valence-electron chi connectivity index (χ0n) is 18.0. The molecule has 4 rings (SSSR count). The predicted molar refractivity (Wildman–Crippen MR) is 122 cm³/mol. The Bertz CT molecular complexity index is 1290. The van der Waals surface area contributed by atoms with E-state index in [1.807, 2.05) is 18.2 Å². The third kappa shape index (κ3) is 4.54. The van der Waals surface area contributed by atoms with Crippen LogP contribution in [0.4, 0.5) is 13.2 Å². The van der Waals surface area contributed by atoms with Crippen LogP contribution in [-0.4, -0.2) is 15.1 Å². The van der Waals surface area contributed by atoms with Crippen molar-refractivity contribution in [3.8, 4) is 16.9 Å². The molecule has 2 N–H and O–H groups in total. The minimum absolute atomic E-state index is 0.0271. The molecule has 0 spiro atoms. The van der Waals surface area contributed by atoms with E-state index in [2.05, 4.69) is 42.9 Å². The predicted octanol–water partition coefficient (Wildman–Crippen LogP) is 7.42. The number of H-pyrrole nitrogens is 1. The molecule has 0 saturated heterocycles. The molecule has 0 fully saturated rings. The van der Waals surface area contributed by atoms with Gasteiger partial charge in [-0.3, -0.25) is 0 Å². The number of phenols is 1. The minimum atomic E-state index is -4.55.